The first-order chi connectivity index (χ1) is 12.6. The van der Waals surface area contributed by atoms with E-state index in [0.29, 0.717) is 16.5 Å². The summed E-state index contributed by atoms with van der Waals surface area (Å²) in [6.07, 6.45) is 4.66. The van der Waals surface area contributed by atoms with E-state index in [1.165, 1.54) is 12.1 Å². The molecule has 3 nitrogen and oxygen atoms in total. The molecule has 2 aromatic carbocycles. The number of piperidine rings is 1. The molecule has 1 amide bonds. The average Bonchev–Trinajstić information content (AvgIpc) is 3.14. The minimum atomic E-state index is -0.203. The summed E-state index contributed by atoms with van der Waals surface area (Å²) in [5.74, 6) is 0.316. The first-order valence-corrected chi connectivity index (χ1v) is 9.29. The highest BCUT2D eigenvalue weighted by atomic mass is 35.5. The molecule has 5 heteroatoms. The molecule has 0 spiro atoms. The number of benzene rings is 2. The van der Waals surface area contributed by atoms with Gasteiger partial charge in [-0.05, 0) is 61.1 Å². The number of amides is 1. The zero-order chi connectivity index (χ0) is 18.1. The van der Waals surface area contributed by atoms with Gasteiger partial charge in [0, 0.05) is 30.2 Å². The monoisotopic (exact) mass is 370 g/mol. The van der Waals surface area contributed by atoms with Gasteiger partial charge in [-0.15, -0.1) is 0 Å². The van der Waals surface area contributed by atoms with E-state index in [1.54, 1.807) is 6.07 Å². The lowest BCUT2D eigenvalue weighted by atomic mass is 9.90. The Morgan fingerprint density at radius 2 is 1.85 bits per heavy atom. The van der Waals surface area contributed by atoms with Crippen LogP contribution in [0.25, 0.3) is 10.9 Å². The number of hydrogen-bond acceptors (Lipinski definition) is 1. The Hall–Kier alpha value is -2.33. The zero-order valence-corrected chi connectivity index (χ0v) is 15.1. The van der Waals surface area contributed by atoms with E-state index < -0.39 is 0 Å². The second-order valence-corrected chi connectivity index (χ2v) is 7.31. The van der Waals surface area contributed by atoms with Crippen LogP contribution in [0.3, 0.4) is 0 Å². The minimum Gasteiger partial charge on any atom is -0.361 e. The molecule has 0 radical (unpaired) electrons. The molecule has 1 aliphatic rings. The average molecular weight is 371 g/mol. The lowest BCUT2D eigenvalue weighted by molar-refractivity contribution is 0.0691. The molecule has 1 N–H and O–H groups in total. The number of hydrogen-bond donors (Lipinski definition) is 1. The maximum absolute atomic E-state index is 13.0. The standard InChI is InChI=1S/C21H20ClFN2O/c22-20-17-7-10-24-19(17)6-5-18(20)21(26)25-11-8-15(9-12-25)13-14-1-3-16(23)4-2-14/h1-7,10,15,24H,8-9,11-13H2. The summed E-state index contributed by atoms with van der Waals surface area (Å²) >= 11 is 6.45. The van der Waals surface area contributed by atoms with Crippen LogP contribution in [0.1, 0.15) is 28.8 Å². The Balaban J connectivity index is 1.41. The summed E-state index contributed by atoms with van der Waals surface area (Å²) in [5, 5.41) is 1.39. The van der Waals surface area contributed by atoms with Crippen LogP contribution >= 0.6 is 11.6 Å². The quantitative estimate of drug-likeness (QED) is 0.687. The predicted molar refractivity (Wildman–Crippen MR) is 102 cm³/mol. The Labute approximate surface area is 156 Å². The number of aromatic nitrogens is 1. The summed E-state index contributed by atoms with van der Waals surface area (Å²) in [4.78, 5) is 17.9. The minimum absolute atomic E-state index is 0.00154. The fourth-order valence-electron chi connectivity index (χ4n) is 3.73. The molecule has 4 rings (SSSR count). The van der Waals surface area contributed by atoms with Gasteiger partial charge in [-0.25, -0.2) is 4.39 Å². The molecule has 1 aromatic heterocycles. The van der Waals surface area contributed by atoms with Crippen molar-refractivity contribution in [3.63, 3.8) is 0 Å². The topological polar surface area (TPSA) is 36.1 Å². The fraction of sp³-hybridized carbons (Fsp3) is 0.286. The van der Waals surface area contributed by atoms with E-state index in [2.05, 4.69) is 4.98 Å². The second-order valence-electron chi connectivity index (χ2n) is 6.93. The fourth-order valence-corrected chi connectivity index (χ4v) is 4.03. The van der Waals surface area contributed by atoms with Crippen LogP contribution in [0.5, 0.6) is 0 Å². The van der Waals surface area contributed by atoms with Crippen molar-refractivity contribution in [2.24, 2.45) is 5.92 Å². The van der Waals surface area contributed by atoms with Crippen molar-refractivity contribution in [1.82, 2.24) is 9.88 Å². The molecule has 2 heterocycles. The summed E-state index contributed by atoms with van der Waals surface area (Å²) in [6.45, 7) is 1.46. The molecule has 0 atom stereocenters. The van der Waals surface area contributed by atoms with E-state index in [9.17, 15) is 9.18 Å². The van der Waals surface area contributed by atoms with E-state index >= 15 is 0 Å². The first-order valence-electron chi connectivity index (χ1n) is 8.91. The van der Waals surface area contributed by atoms with Gasteiger partial charge >= 0.3 is 0 Å². The number of fused-ring (bicyclic) bond motifs is 1. The third-order valence-electron chi connectivity index (χ3n) is 5.24. The third kappa shape index (κ3) is 3.34. The number of aromatic amines is 1. The number of nitrogens with zero attached hydrogens (tertiary/aromatic N) is 1. The number of H-pyrrole nitrogens is 1. The van der Waals surface area contributed by atoms with Crippen molar-refractivity contribution in [3.8, 4) is 0 Å². The van der Waals surface area contributed by atoms with Crippen LogP contribution in [-0.4, -0.2) is 28.9 Å². The lowest BCUT2D eigenvalue weighted by Crippen LogP contribution is -2.39. The lowest BCUT2D eigenvalue weighted by Gasteiger charge is -2.32. The predicted octanol–water partition coefficient (Wildman–Crippen LogP) is 5.06. The number of carbonyl (C=O) groups excluding carboxylic acids is 1. The van der Waals surface area contributed by atoms with Gasteiger partial charge < -0.3 is 9.88 Å². The molecule has 0 unspecified atom stereocenters. The Kier molecular flexibility index (Phi) is 4.68. The van der Waals surface area contributed by atoms with Crippen molar-refractivity contribution in [1.29, 1.82) is 0 Å². The van der Waals surface area contributed by atoms with Gasteiger partial charge in [-0.2, -0.15) is 0 Å². The normalized spacial score (nSPS) is 15.5. The van der Waals surface area contributed by atoms with Gasteiger partial charge in [-0.1, -0.05) is 23.7 Å². The number of likely N-dealkylation sites (tertiary alicyclic amines) is 1. The van der Waals surface area contributed by atoms with Gasteiger partial charge in [0.15, 0.2) is 0 Å². The number of nitrogens with one attached hydrogen (secondary N) is 1. The number of rotatable bonds is 3. The largest absolute Gasteiger partial charge is 0.361 e. The molecule has 0 aliphatic carbocycles. The number of halogens is 2. The molecule has 1 saturated heterocycles. The van der Waals surface area contributed by atoms with Gasteiger partial charge in [0.1, 0.15) is 5.82 Å². The summed E-state index contributed by atoms with van der Waals surface area (Å²) in [6, 6.07) is 12.3. The molecule has 0 bridgehead atoms. The molecule has 0 saturated carbocycles. The molecule has 26 heavy (non-hydrogen) atoms. The highest BCUT2D eigenvalue weighted by Crippen LogP contribution is 2.29. The van der Waals surface area contributed by atoms with E-state index in [4.69, 9.17) is 11.6 Å². The second kappa shape index (κ2) is 7.12. The van der Waals surface area contributed by atoms with Crippen LogP contribution in [-0.2, 0) is 6.42 Å². The van der Waals surface area contributed by atoms with Gasteiger partial charge in [-0.3, -0.25) is 4.79 Å². The van der Waals surface area contributed by atoms with E-state index in [1.807, 2.05) is 35.4 Å². The Morgan fingerprint density at radius 1 is 1.12 bits per heavy atom. The SMILES string of the molecule is O=C(c1ccc2[nH]ccc2c1Cl)N1CCC(Cc2ccc(F)cc2)CC1. The summed E-state index contributed by atoms with van der Waals surface area (Å²) in [7, 11) is 0. The molecule has 134 valence electrons. The summed E-state index contributed by atoms with van der Waals surface area (Å²) in [5.41, 5.74) is 2.65. The molecule has 1 aliphatic heterocycles. The van der Waals surface area contributed by atoms with Crippen molar-refractivity contribution < 1.29 is 9.18 Å². The van der Waals surface area contributed by atoms with E-state index in [-0.39, 0.29) is 11.7 Å². The first kappa shape index (κ1) is 17.1. The Bertz CT molecular complexity index is 927. The summed E-state index contributed by atoms with van der Waals surface area (Å²) < 4.78 is 13.0. The third-order valence-corrected chi connectivity index (χ3v) is 5.65. The van der Waals surface area contributed by atoms with Gasteiger partial charge in [0.25, 0.3) is 5.91 Å². The van der Waals surface area contributed by atoms with Crippen LogP contribution in [0, 0.1) is 11.7 Å². The zero-order valence-electron chi connectivity index (χ0n) is 14.3. The maximum atomic E-state index is 13.0. The van der Waals surface area contributed by atoms with Crippen molar-refractivity contribution >= 4 is 28.4 Å². The molecular weight excluding hydrogens is 351 g/mol. The number of carbonyl (C=O) groups is 1. The van der Waals surface area contributed by atoms with Crippen molar-refractivity contribution in [2.45, 2.75) is 19.3 Å². The highest BCUT2D eigenvalue weighted by molar-refractivity contribution is 6.38. The molecular formula is C21H20ClFN2O. The Morgan fingerprint density at radius 3 is 2.58 bits per heavy atom. The van der Waals surface area contributed by atoms with Crippen molar-refractivity contribution in [3.05, 3.63) is 70.6 Å². The highest BCUT2D eigenvalue weighted by Gasteiger charge is 2.25. The van der Waals surface area contributed by atoms with E-state index in [0.717, 1.165) is 48.8 Å². The smallest absolute Gasteiger partial charge is 0.255 e. The molecule has 1 fully saturated rings. The van der Waals surface area contributed by atoms with Gasteiger partial charge in [0.2, 0.25) is 0 Å². The molecule has 3 aromatic rings. The van der Waals surface area contributed by atoms with Crippen LogP contribution in [0.2, 0.25) is 5.02 Å². The van der Waals surface area contributed by atoms with Crippen molar-refractivity contribution in [2.75, 3.05) is 13.1 Å². The van der Waals surface area contributed by atoms with Crippen LogP contribution < -0.4 is 0 Å². The van der Waals surface area contributed by atoms with Gasteiger partial charge in [0.05, 0.1) is 10.6 Å². The van der Waals surface area contributed by atoms with Crippen LogP contribution in [0.15, 0.2) is 48.7 Å². The maximum Gasteiger partial charge on any atom is 0.255 e. The van der Waals surface area contributed by atoms with Crippen LogP contribution in [0.4, 0.5) is 4.39 Å².